The van der Waals surface area contributed by atoms with Crippen molar-refractivity contribution in [3.05, 3.63) is 126 Å². The average molecular weight is 572 g/mol. The van der Waals surface area contributed by atoms with Crippen molar-refractivity contribution in [2.45, 2.75) is 19.3 Å². The van der Waals surface area contributed by atoms with Gasteiger partial charge in [-0.2, -0.15) is 0 Å². The predicted octanol–water partition coefficient (Wildman–Crippen LogP) is 10.3. The minimum atomic E-state index is -0.119. The highest BCUT2D eigenvalue weighted by atomic mass is 32.1. The van der Waals surface area contributed by atoms with Crippen LogP contribution in [-0.2, 0) is 5.41 Å². The summed E-state index contributed by atoms with van der Waals surface area (Å²) in [5, 5.41) is 3.54. The van der Waals surface area contributed by atoms with Crippen LogP contribution >= 0.6 is 11.3 Å². The van der Waals surface area contributed by atoms with E-state index in [0.29, 0.717) is 23.2 Å². The number of furan rings is 1. The Labute approximate surface area is 252 Å². The topological polar surface area (TPSA) is 51.8 Å². The van der Waals surface area contributed by atoms with Crippen molar-refractivity contribution in [2.75, 3.05) is 0 Å². The molecule has 0 aliphatic heterocycles. The fourth-order valence-corrected chi connectivity index (χ4v) is 7.78. The molecule has 0 bridgehead atoms. The molecule has 5 aromatic carbocycles. The maximum Gasteiger partial charge on any atom is 0.199 e. The van der Waals surface area contributed by atoms with Crippen LogP contribution in [-0.4, -0.2) is 15.0 Å². The molecule has 204 valence electrons. The van der Waals surface area contributed by atoms with Gasteiger partial charge in [-0.25, -0.2) is 15.0 Å². The Bertz CT molecular complexity index is 2360. The Hall–Kier alpha value is -5.13. The van der Waals surface area contributed by atoms with Crippen LogP contribution in [0.25, 0.3) is 76.6 Å². The van der Waals surface area contributed by atoms with Crippen molar-refractivity contribution in [3.63, 3.8) is 0 Å². The molecular weight excluding hydrogens is 547 g/mol. The standard InChI is InChI=1S/C38H25N3OS/c1-38(2)28-14-6-4-12-26(28)34-27(13-9-15-29(34)38)36-39-35(40-37(41-36)31-20-22-10-3-7-16-30(22)42-31)23-18-19-25-24-11-5-8-17-32(24)43-33(25)21-23/h3-21H,1-2H3. The van der Waals surface area contributed by atoms with Gasteiger partial charge in [-0.05, 0) is 46.5 Å². The number of para-hydroxylation sites is 1. The Morgan fingerprint density at radius 3 is 2.23 bits per heavy atom. The Kier molecular flexibility index (Phi) is 5.08. The molecule has 5 heteroatoms. The number of thiophene rings is 1. The molecule has 0 atom stereocenters. The van der Waals surface area contributed by atoms with Crippen LogP contribution in [0.3, 0.4) is 0 Å². The molecule has 43 heavy (non-hydrogen) atoms. The smallest absolute Gasteiger partial charge is 0.199 e. The van der Waals surface area contributed by atoms with Gasteiger partial charge in [0, 0.05) is 42.1 Å². The van der Waals surface area contributed by atoms with Crippen LogP contribution in [0.4, 0.5) is 0 Å². The molecule has 0 unspecified atom stereocenters. The van der Waals surface area contributed by atoms with Gasteiger partial charge >= 0.3 is 0 Å². The van der Waals surface area contributed by atoms with Gasteiger partial charge in [0.2, 0.25) is 0 Å². The van der Waals surface area contributed by atoms with E-state index in [2.05, 4.69) is 98.8 Å². The van der Waals surface area contributed by atoms with Crippen LogP contribution in [0.5, 0.6) is 0 Å². The van der Waals surface area contributed by atoms with Gasteiger partial charge in [0.1, 0.15) is 5.58 Å². The summed E-state index contributed by atoms with van der Waals surface area (Å²) < 4.78 is 8.76. The third-order valence-electron chi connectivity index (χ3n) is 8.77. The lowest BCUT2D eigenvalue weighted by Crippen LogP contribution is -2.14. The van der Waals surface area contributed by atoms with E-state index in [0.717, 1.165) is 22.1 Å². The second kappa shape index (κ2) is 8.93. The van der Waals surface area contributed by atoms with Crippen molar-refractivity contribution in [1.29, 1.82) is 0 Å². The summed E-state index contributed by atoms with van der Waals surface area (Å²) in [6.45, 7) is 4.58. The second-order valence-corrected chi connectivity index (χ2v) is 12.7. The summed E-state index contributed by atoms with van der Waals surface area (Å²) in [5.41, 5.74) is 7.67. The molecule has 9 rings (SSSR count). The monoisotopic (exact) mass is 571 g/mol. The Morgan fingerprint density at radius 2 is 1.30 bits per heavy atom. The Balaban J connectivity index is 1.30. The largest absolute Gasteiger partial charge is 0.453 e. The van der Waals surface area contributed by atoms with Crippen LogP contribution in [0, 0.1) is 0 Å². The number of hydrogen-bond donors (Lipinski definition) is 0. The molecule has 0 fully saturated rings. The van der Waals surface area contributed by atoms with Crippen LogP contribution in [0.15, 0.2) is 120 Å². The second-order valence-electron chi connectivity index (χ2n) is 11.7. The first-order chi connectivity index (χ1) is 21.0. The maximum atomic E-state index is 6.28. The molecule has 4 nitrogen and oxygen atoms in total. The summed E-state index contributed by atoms with van der Waals surface area (Å²) in [6, 6.07) is 40.2. The van der Waals surface area contributed by atoms with E-state index in [1.165, 1.54) is 42.4 Å². The molecule has 1 aliphatic rings. The number of aromatic nitrogens is 3. The number of hydrogen-bond acceptors (Lipinski definition) is 5. The fourth-order valence-electron chi connectivity index (χ4n) is 6.63. The molecule has 0 saturated carbocycles. The van der Waals surface area contributed by atoms with E-state index in [-0.39, 0.29) is 5.41 Å². The number of nitrogens with zero attached hydrogens (tertiary/aromatic N) is 3. The van der Waals surface area contributed by atoms with Crippen molar-refractivity contribution in [3.8, 4) is 45.5 Å². The molecule has 0 saturated heterocycles. The third-order valence-corrected chi connectivity index (χ3v) is 9.90. The van der Waals surface area contributed by atoms with E-state index < -0.39 is 0 Å². The molecule has 0 radical (unpaired) electrons. The quantitative estimate of drug-likeness (QED) is 0.212. The zero-order valence-electron chi connectivity index (χ0n) is 23.6. The highest BCUT2D eigenvalue weighted by Gasteiger charge is 2.37. The van der Waals surface area contributed by atoms with E-state index in [4.69, 9.17) is 19.4 Å². The highest BCUT2D eigenvalue weighted by molar-refractivity contribution is 7.25. The zero-order valence-corrected chi connectivity index (χ0v) is 24.4. The molecule has 0 N–H and O–H groups in total. The average Bonchev–Trinajstić information content (AvgIpc) is 3.71. The van der Waals surface area contributed by atoms with Gasteiger partial charge < -0.3 is 4.42 Å². The molecule has 0 amide bonds. The van der Waals surface area contributed by atoms with Gasteiger partial charge in [0.25, 0.3) is 0 Å². The van der Waals surface area contributed by atoms with Crippen molar-refractivity contribution in [1.82, 2.24) is 15.0 Å². The third kappa shape index (κ3) is 3.65. The first-order valence-corrected chi connectivity index (χ1v) is 15.3. The molecule has 1 aliphatic carbocycles. The summed E-state index contributed by atoms with van der Waals surface area (Å²) >= 11 is 1.79. The van der Waals surface area contributed by atoms with Gasteiger partial charge in [0.15, 0.2) is 23.2 Å². The maximum absolute atomic E-state index is 6.28. The van der Waals surface area contributed by atoms with Gasteiger partial charge in [-0.3, -0.25) is 0 Å². The normalized spacial score (nSPS) is 13.5. The number of rotatable bonds is 3. The first-order valence-electron chi connectivity index (χ1n) is 14.4. The van der Waals surface area contributed by atoms with Gasteiger partial charge in [-0.15, -0.1) is 11.3 Å². The van der Waals surface area contributed by atoms with Gasteiger partial charge in [0.05, 0.1) is 0 Å². The Morgan fingerprint density at radius 1 is 0.581 bits per heavy atom. The van der Waals surface area contributed by atoms with E-state index >= 15 is 0 Å². The fraction of sp³-hybridized carbons (Fsp3) is 0.0789. The zero-order chi connectivity index (χ0) is 28.7. The SMILES string of the molecule is CC1(C)c2ccccc2-c2c(-c3nc(-c4ccc5c(c4)sc4ccccc45)nc(-c4cc5ccccc5o4)n3)cccc21. The molecule has 8 aromatic rings. The number of fused-ring (bicyclic) bond motifs is 7. The minimum absolute atomic E-state index is 0.119. The molecule has 0 spiro atoms. The van der Waals surface area contributed by atoms with Crippen LogP contribution in [0.1, 0.15) is 25.0 Å². The van der Waals surface area contributed by atoms with Crippen LogP contribution < -0.4 is 0 Å². The van der Waals surface area contributed by atoms with E-state index in [1.807, 2.05) is 30.3 Å². The summed E-state index contributed by atoms with van der Waals surface area (Å²) in [7, 11) is 0. The van der Waals surface area contributed by atoms with E-state index in [9.17, 15) is 0 Å². The lowest BCUT2D eigenvalue weighted by atomic mass is 9.82. The van der Waals surface area contributed by atoms with Crippen molar-refractivity contribution in [2.24, 2.45) is 0 Å². The molecule has 3 heterocycles. The lowest BCUT2D eigenvalue weighted by molar-refractivity contribution is 0.625. The molecule has 3 aromatic heterocycles. The van der Waals surface area contributed by atoms with Crippen molar-refractivity contribution < 1.29 is 4.42 Å². The summed E-state index contributed by atoms with van der Waals surface area (Å²) in [6.07, 6.45) is 0. The minimum Gasteiger partial charge on any atom is -0.453 e. The molecular formula is C38H25N3OS. The summed E-state index contributed by atoms with van der Waals surface area (Å²) in [5.74, 6) is 2.42. The van der Waals surface area contributed by atoms with Crippen LogP contribution in [0.2, 0.25) is 0 Å². The predicted molar refractivity (Wildman–Crippen MR) is 176 cm³/mol. The van der Waals surface area contributed by atoms with Gasteiger partial charge in [-0.1, -0.05) is 105 Å². The van der Waals surface area contributed by atoms with E-state index in [1.54, 1.807) is 11.3 Å². The highest BCUT2D eigenvalue weighted by Crippen LogP contribution is 2.51. The number of benzene rings is 5. The van der Waals surface area contributed by atoms with Crippen molar-refractivity contribution >= 4 is 42.5 Å². The first kappa shape index (κ1) is 24.5. The summed E-state index contributed by atoms with van der Waals surface area (Å²) in [4.78, 5) is 15.2. The lowest BCUT2D eigenvalue weighted by Gasteiger charge is -2.21.